The van der Waals surface area contributed by atoms with Crippen LogP contribution in [0.4, 0.5) is 5.69 Å². The molecule has 132 valence electrons. The largest absolute Gasteiger partial charge is 0.490 e. The number of rotatable bonds is 5. The van der Waals surface area contributed by atoms with Crippen LogP contribution < -0.4 is 10.1 Å². The Balaban J connectivity index is 1.71. The lowest BCUT2D eigenvalue weighted by Gasteiger charge is -2.14. The van der Waals surface area contributed by atoms with Crippen molar-refractivity contribution < 1.29 is 17.9 Å². The van der Waals surface area contributed by atoms with Crippen molar-refractivity contribution in [2.24, 2.45) is 0 Å². The van der Waals surface area contributed by atoms with Crippen LogP contribution in [0.3, 0.4) is 0 Å². The normalized spacial score (nSPS) is 15.1. The maximum Gasteiger partial charge on any atom is 0.256 e. The van der Waals surface area contributed by atoms with Gasteiger partial charge in [-0.15, -0.1) is 0 Å². The van der Waals surface area contributed by atoms with Crippen molar-refractivity contribution >= 4 is 21.4 Å². The number of carbonyl (C=O) groups excluding carboxylic acids is 1. The van der Waals surface area contributed by atoms with Crippen molar-refractivity contribution in [2.45, 2.75) is 36.7 Å². The van der Waals surface area contributed by atoms with Crippen LogP contribution >= 0.6 is 0 Å². The molecule has 5 nitrogen and oxygen atoms in total. The van der Waals surface area contributed by atoms with E-state index in [0.29, 0.717) is 5.69 Å². The molecule has 0 saturated heterocycles. The van der Waals surface area contributed by atoms with E-state index < -0.39 is 15.7 Å². The van der Waals surface area contributed by atoms with Gasteiger partial charge in [-0.3, -0.25) is 4.79 Å². The third-order valence-electron chi connectivity index (χ3n) is 4.25. The Labute approximate surface area is 147 Å². The number of amides is 1. The van der Waals surface area contributed by atoms with Crippen LogP contribution in [-0.2, 0) is 9.84 Å². The molecular weight excluding hydrogens is 338 g/mol. The number of hydrogen-bond donors (Lipinski definition) is 1. The van der Waals surface area contributed by atoms with Gasteiger partial charge in [-0.05, 0) is 62.1 Å². The molecule has 1 fully saturated rings. The first kappa shape index (κ1) is 17.5. The number of hydrogen-bond acceptors (Lipinski definition) is 4. The molecule has 0 aromatic heterocycles. The summed E-state index contributed by atoms with van der Waals surface area (Å²) in [6, 6.07) is 13.3. The van der Waals surface area contributed by atoms with Gasteiger partial charge in [0, 0.05) is 11.9 Å². The predicted octanol–water partition coefficient (Wildman–Crippen LogP) is 3.66. The van der Waals surface area contributed by atoms with Crippen molar-refractivity contribution in [1.29, 1.82) is 0 Å². The standard InChI is InChI=1S/C19H21NO4S/c1-25(22,23)18-9-5-4-8-17(18)19(21)20-14-10-12-16(13-11-14)24-15-6-2-3-7-15/h4-5,8-13,15H,2-3,6-7H2,1H3,(H,20,21). The third-order valence-corrected chi connectivity index (χ3v) is 5.40. The van der Waals surface area contributed by atoms with Crippen LogP contribution in [0.25, 0.3) is 0 Å². The fraction of sp³-hybridized carbons (Fsp3) is 0.316. The van der Waals surface area contributed by atoms with Gasteiger partial charge in [-0.1, -0.05) is 12.1 Å². The summed E-state index contributed by atoms with van der Waals surface area (Å²) in [7, 11) is -3.47. The molecule has 1 aliphatic carbocycles. The van der Waals surface area contributed by atoms with Gasteiger partial charge >= 0.3 is 0 Å². The number of sulfone groups is 1. The average Bonchev–Trinajstić information content (AvgIpc) is 3.09. The minimum Gasteiger partial charge on any atom is -0.490 e. The molecule has 0 aliphatic heterocycles. The Morgan fingerprint density at radius 2 is 1.68 bits per heavy atom. The molecule has 0 atom stereocenters. The predicted molar refractivity (Wildman–Crippen MR) is 96.8 cm³/mol. The lowest BCUT2D eigenvalue weighted by atomic mass is 10.2. The molecule has 0 unspecified atom stereocenters. The molecule has 1 N–H and O–H groups in total. The zero-order valence-corrected chi connectivity index (χ0v) is 14.9. The Hall–Kier alpha value is -2.34. The summed E-state index contributed by atoms with van der Waals surface area (Å²) in [5.41, 5.74) is 0.725. The molecule has 25 heavy (non-hydrogen) atoms. The number of carbonyl (C=O) groups is 1. The summed E-state index contributed by atoms with van der Waals surface area (Å²) < 4.78 is 29.5. The Kier molecular flexibility index (Phi) is 5.08. The maximum absolute atomic E-state index is 12.4. The third kappa shape index (κ3) is 4.39. The van der Waals surface area contributed by atoms with E-state index >= 15 is 0 Å². The second-order valence-corrected chi connectivity index (χ2v) is 8.26. The summed E-state index contributed by atoms with van der Waals surface area (Å²) in [5.74, 6) is 0.326. The first-order valence-electron chi connectivity index (χ1n) is 8.30. The van der Waals surface area contributed by atoms with Gasteiger partial charge in [-0.25, -0.2) is 8.42 Å². The number of anilines is 1. The monoisotopic (exact) mass is 359 g/mol. The van der Waals surface area contributed by atoms with E-state index in [1.54, 1.807) is 24.3 Å². The van der Waals surface area contributed by atoms with Gasteiger partial charge in [-0.2, -0.15) is 0 Å². The van der Waals surface area contributed by atoms with E-state index in [9.17, 15) is 13.2 Å². The Morgan fingerprint density at radius 1 is 1.04 bits per heavy atom. The Bertz CT molecular complexity index is 853. The van der Waals surface area contributed by atoms with E-state index in [1.165, 1.54) is 25.0 Å². The summed E-state index contributed by atoms with van der Waals surface area (Å²) in [6.45, 7) is 0. The molecule has 2 aromatic carbocycles. The van der Waals surface area contributed by atoms with Crippen LogP contribution in [-0.4, -0.2) is 26.7 Å². The van der Waals surface area contributed by atoms with E-state index in [1.807, 2.05) is 12.1 Å². The number of nitrogens with one attached hydrogen (secondary N) is 1. The van der Waals surface area contributed by atoms with E-state index in [-0.39, 0.29) is 16.6 Å². The molecule has 1 saturated carbocycles. The summed E-state index contributed by atoms with van der Waals surface area (Å²) in [4.78, 5) is 12.5. The smallest absolute Gasteiger partial charge is 0.256 e. The van der Waals surface area contributed by atoms with Crippen molar-refractivity contribution in [1.82, 2.24) is 0 Å². The number of ether oxygens (including phenoxy) is 1. The highest BCUT2D eigenvalue weighted by Crippen LogP contribution is 2.25. The molecule has 0 bridgehead atoms. The van der Waals surface area contributed by atoms with Crippen molar-refractivity contribution in [3.8, 4) is 5.75 Å². The molecule has 0 heterocycles. The molecule has 2 aromatic rings. The quantitative estimate of drug-likeness (QED) is 0.884. The highest BCUT2D eigenvalue weighted by molar-refractivity contribution is 7.90. The second kappa shape index (κ2) is 7.27. The van der Waals surface area contributed by atoms with E-state index in [2.05, 4.69) is 5.32 Å². The molecule has 6 heteroatoms. The van der Waals surface area contributed by atoms with E-state index in [0.717, 1.165) is 24.8 Å². The second-order valence-electron chi connectivity index (χ2n) is 6.27. The van der Waals surface area contributed by atoms with Gasteiger partial charge in [0.05, 0.1) is 16.6 Å². The highest BCUT2D eigenvalue weighted by atomic mass is 32.2. The first-order valence-corrected chi connectivity index (χ1v) is 10.2. The lowest BCUT2D eigenvalue weighted by Crippen LogP contribution is -2.16. The zero-order valence-electron chi connectivity index (χ0n) is 14.1. The van der Waals surface area contributed by atoms with Crippen LogP contribution in [0.15, 0.2) is 53.4 Å². The van der Waals surface area contributed by atoms with Crippen LogP contribution in [0.2, 0.25) is 0 Å². The van der Waals surface area contributed by atoms with Gasteiger partial charge in [0.25, 0.3) is 5.91 Å². The van der Waals surface area contributed by atoms with Gasteiger partial charge in [0.1, 0.15) is 5.75 Å². The fourth-order valence-electron chi connectivity index (χ4n) is 2.99. The molecular formula is C19H21NO4S. The minimum absolute atomic E-state index is 0.0219. The van der Waals surface area contributed by atoms with Gasteiger partial charge < -0.3 is 10.1 Å². The molecule has 1 aliphatic rings. The Morgan fingerprint density at radius 3 is 2.32 bits per heavy atom. The topological polar surface area (TPSA) is 72.5 Å². The van der Waals surface area contributed by atoms with Crippen LogP contribution in [0, 0.1) is 0 Å². The molecule has 0 spiro atoms. The van der Waals surface area contributed by atoms with Crippen LogP contribution in [0.1, 0.15) is 36.0 Å². The molecule has 0 radical (unpaired) electrons. The first-order chi connectivity index (χ1) is 11.9. The van der Waals surface area contributed by atoms with Crippen molar-refractivity contribution in [3.63, 3.8) is 0 Å². The van der Waals surface area contributed by atoms with Crippen molar-refractivity contribution in [2.75, 3.05) is 11.6 Å². The summed E-state index contributed by atoms with van der Waals surface area (Å²) in [6.07, 6.45) is 5.95. The number of benzene rings is 2. The summed E-state index contributed by atoms with van der Waals surface area (Å²) >= 11 is 0. The minimum atomic E-state index is -3.47. The lowest BCUT2D eigenvalue weighted by molar-refractivity contribution is 0.102. The highest BCUT2D eigenvalue weighted by Gasteiger charge is 2.19. The summed E-state index contributed by atoms with van der Waals surface area (Å²) in [5, 5.41) is 2.73. The molecule has 3 rings (SSSR count). The van der Waals surface area contributed by atoms with Gasteiger partial charge in [0.2, 0.25) is 0 Å². The van der Waals surface area contributed by atoms with E-state index in [4.69, 9.17) is 4.74 Å². The average molecular weight is 359 g/mol. The van der Waals surface area contributed by atoms with Gasteiger partial charge in [0.15, 0.2) is 9.84 Å². The van der Waals surface area contributed by atoms with Crippen molar-refractivity contribution in [3.05, 3.63) is 54.1 Å². The maximum atomic E-state index is 12.4. The van der Waals surface area contributed by atoms with Crippen LogP contribution in [0.5, 0.6) is 5.75 Å². The fourth-order valence-corrected chi connectivity index (χ4v) is 3.88. The zero-order chi connectivity index (χ0) is 17.9. The molecule has 1 amide bonds. The SMILES string of the molecule is CS(=O)(=O)c1ccccc1C(=O)Nc1ccc(OC2CCCC2)cc1.